The van der Waals surface area contributed by atoms with Gasteiger partial charge in [0.1, 0.15) is 0 Å². The minimum absolute atomic E-state index is 0.0400. The minimum Gasteiger partial charge on any atom is -0.476 e. The summed E-state index contributed by atoms with van der Waals surface area (Å²) in [7, 11) is -1.13. The van der Waals surface area contributed by atoms with E-state index in [9.17, 15) is 9.00 Å². The van der Waals surface area contributed by atoms with Gasteiger partial charge in [-0.1, -0.05) is 6.07 Å². The summed E-state index contributed by atoms with van der Waals surface area (Å²) in [4.78, 5) is 14.5. The maximum atomic E-state index is 11.8. The molecule has 84 valence electrons. The molecule has 0 saturated carbocycles. The second kappa shape index (κ2) is 4.86. The van der Waals surface area contributed by atoms with Crippen LogP contribution >= 0.6 is 22.7 Å². The van der Waals surface area contributed by atoms with E-state index in [2.05, 4.69) is 4.98 Å². The van der Waals surface area contributed by atoms with Crippen molar-refractivity contribution in [2.24, 2.45) is 0 Å². The largest absolute Gasteiger partial charge is 0.476 e. The Morgan fingerprint density at radius 2 is 2.31 bits per heavy atom. The summed E-state index contributed by atoms with van der Waals surface area (Å²) in [6.45, 7) is 0. The molecular weight excluding hydrogens is 266 g/mol. The van der Waals surface area contributed by atoms with Crippen molar-refractivity contribution in [1.82, 2.24) is 4.98 Å². The third-order valence-corrected chi connectivity index (χ3v) is 5.26. The molecule has 0 bridgehead atoms. The maximum Gasteiger partial charge on any atom is 0.365 e. The highest BCUT2D eigenvalue weighted by atomic mass is 32.2. The zero-order valence-corrected chi connectivity index (χ0v) is 10.4. The van der Waals surface area contributed by atoms with Crippen LogP contribution in [0, 0.1) is 0 Å². The van der Waals surface area contributed by atoms with Gasteiger partial charge in [-0.15, -0.1) is 22.7 Å². The monoisotopic (exact) mass is 273 g/mol. The van der Waals surface area contributed by atoms with E-state index in [0.717, 1.165) is 15.5 Å². The van der Waals surface area contributed by atoms with Crippen LogP contribution in [-0.2, 0) is 16.6 Å². The summed E-state index contributed by atoms with van der Waals surface area (Å²) in [5, 5.41) is 12.2. The zero-order chi connectivity index (χ0) is 11.5. The van der Waals surface area contributed by atoms with Crippen molar-refractivity contribution in [1.29, 1.82) is 0 Å². The topological polar surface area (TPSA) is 67.3 Å². The lowest BCUT2D eigenvalue weighted by Crippen LogP contribution is -1.98. The lowest BCUT2D eigenvalue weighted by atomic mass is 10.6. The number of aromatic nitrogens is 1. The fourth-order valence-electron chi connectivity index (χ4n) is 1.07. The molecule has 0 amide bonds. The molecule has 0 fully saturated rings. The summed E-state index contributed by atoms with van der Waals surface area (Å²) in [6, 6.07) is 3.63. The molecule has 2 rings (SSSR count). The molecule has 2 aromatic heterocycles. The highest BCUT2D eigenvalue weighted by molar-refractivity contribution is 7.86. The van der Waals surface area contributed by atoms with Crippen molar-refractivity contribution < 1.29 is 14.1 Å². The van der Waals surface area contributed by atoms with Gasteiger partial charge in [0.05, 0.1) is 26.5 Å². The summed E-state index contributed by atoms with van der Waals surface area (Å²) < 4.78 is 12.6. The Kier molecular flexibility index (Phi) is 3.47. The number of thiazole rings is 1. The lowest BCUT2D eigenvalue weighted by molar-refractivity contribution is 0.0696. The molecule has 4 nitrogen and oxygen atoms in total. The van der Waals surface area contributed by atoms with E-state index in [1.165, 1.54) is 11.3 Å². The normalized spacial score (nSPS) is 12.5. The van der Waals surface area contributed by atoms with E-state index < -0.39 is 16.8 Å². The van der Waals surface area contributed by atoms with Gasteiger partial charge in [-0.3, -0.25) is 4.21 Å². The number of aromatic carboxylic acids is 1. The van der Waals surface area contributed by atoms with Crippen molar-refractivity contribution >= 4 is 39.4 Å². The molecule has 2 aromatic rings. The predicted molar refractivity (Wildman–Crippen MR) is 63.5 cm³/mol. The van der Waals surface area contributed by atoms with E-state index in [4.69, 9.17) is 5.11 Å². The molecule has 0 aliphatic heterocycles. The predicted octanol–water partition coefficient (Wildman–Crippen LogP) is 2.21. The standard InChI is InChI=1S/C9H7NO3S3/c11-9(12)8-10-6(4-15-8)5-16(13)7-2-1-3-14-7/h1-4H,5H2,(H,11,12). The average molecular weight is 273 g/mol. The van der Waals surface area contributed by atoms with Crippen LogP contribution in [0.15, 0.2) is 27.1 Å². The number of rotatable bonds is 4. The number of nitrogens with zero attached hydrogens (tertiary/aromatic N) is 1. The number of hydrogen-bond acceptors (Lipinski definition) is 5. The Morgan fingerprint density at radius 3 is 2.88 bits per heavy atom. The van der Waals surface area contributed by atoms with Gasteiger partial charge in [0.2, 0.25) is 5.01 Å². The van der Waals surface area contributed by atoms with E-state index in [0.29, 0.717) is 5.69 Å². The van der Waals surface area contributed by atoms with E-state index >= 15 is 0 Å². The third-order valence-electron chi connectivity index (χ3n) is 1.73. The molecule has 2 heterocycles. The summed E-state index contributed by atoms with van der Waals surface area (Å²) in [5.41, 5.74) is 0.564. The van der Waals surface area contributed by atoms with Crippen LogP contribution in [0.25, 0.3) is 0 Å². The number of carboxylic acids is 1. The van der Waals surface area contributed by atoms with Crippen LogP contribution in [0.4, 0.5) is 0 Å². The Labute approximate surface area is 102 Å². The molecule has 1 atom stereocenters. The van der Waals surface area contributed by atoms with Gasteiger partial charge >= 0.3 is 5.97 Å². The molecule has 0 spiro atoms. The highest BCUT2D eigenvalue weighted by Gasteiger charge is 2.12. The Morgan fingerprint density at radius 1 is 1.50 bits per heavy atom. The Hall–Kier alpha value is -1.05. The molecule has 0 aliphatic carbocycles. The molecule has 7 heteroatoms. The number of carbonyl (C=O) groups is 1. The first-order valence-electron chi connectivity index (χ1n) is 4.26. The molecule has 1 N–H and O–H groups in total. The van der Waals surface area contributed by atoms with Crippen molar-refractivity contribution in [3.8, 4) is 0 Å². The first-order chi connectivity index (χ1) is 7.66. The van der Waals surface area contributed by atoms with Crippen molar-refractivity contribution in [2.75, 3.05) is 0 Å². The molecular formula is C9H7NO3S3. The van der Waals surface area contributed by atoms with Crippen LogP contribution in [0.2, 0.25) is 0 Å². The van der Waals surface area contributed by atoms with Gasteiger partial charge in [0.15, 0.2) is 0 Å². The Balaban J connectivity index is 2.09. The van der Waals surface area contributed by atoms with Crippen molar-refractivity contribution in [3.63, 3.8) is 0 Å². The van der Waals surface area contributed by atoms with Crippen LogP contribution in [0.1, 0.15) is 15.5 Å². The van der Waals surface area contributed by atoms with Gasteiger partial charge in [-0.2, -0.15) is 0 Å². The second-order valence-electron chi connectivity index (χ2n) is 2.87. The number of carboxylic acid groups (broad SMARTS) is 1. The summed E-state index contributed by atoms with van der Waals surface area (Å²) in [5.74, 6) is -0.775. The van der Waals surface area contributed by atoms with Gasteiger partial charge in [-0.25, -0.2) is 9.78 Å². The fourth-order valence-corrected chi connectivity index (χ4v) is 3.84. The smallest absolute Gasteiger partial charge is 0.365 e. The SMILES string of the molecule is O=C(O)c1nc(CS(=O)c2cccs2)cs1. The third kappa shape index (κ3) is 2.55. The zero-order valence-electron chi connectivity index (χ0n) is 7.95. The first-order valence-corrected chi connectivity index (χ1v) is 7.34. The van der Waals surface area contributed by atoms with Gasteiger partial charge in [0.25, 0.3) is 0 Å². The summed E-state index contributed by atoms with van der Waals surface area (Å²) >= 11 is 2.48. The molecule has 1 unspecified atom stereocenters. The molecule has 0 aliphatic rings. The molecule has 16 heavy (non-hydrogen) atoms. The molecule has 0 radical (unpaired) electrons. The summed E-state index contributed by atoms with van der Waals surface area (Å²) in [6.07, 6.45) is 0. The quantitative estimate of drug-likeness (QED) is 0.927. The maximum absolute atomic E-state index is 11.8. The average Bonchev–Trinajstić information content (AvgIpc) is 2.87. The van der Waals surface area contributed by atoms with E-state index in [1.54, 1.807) is 11.4 Å². The van der Waals surface area contributed by atoms with Gasteiger partial charge in [0, 0.05) is 5.38 Å². The van der Waals surface area contributed by atoms with Crippen LogP contribution in [-0.4, -0.2) is 20.3 Å². The van der Waals surface area contributed by atoms with Crippen LogP contribution < -0.4 is 0 Å². The molecule has 0 saturated heterocycles. The second-order valence-corrected chi connectivity index (χ2v) is 6.35. The fraction of sp³-hybridized carbons (Fsp3) is 0.111. The van der Waals surface area contributed by atoms with Crippen molar-refractivity contribution in [2.45, 2.75) is 9.96 Å². The highest BCUT2D eigenvalue weighted by Crippen LogP contribution is 2.18. The Bertz CT molecular complexity index is 518. The lowest BCUT2D eigenvalue weighted by Gasteiger charge is -1.94. The molecule has 0 aromatic carbocycles. The number of hydrogen-bond donors (Lipinski definition) is 1. The van der Waals surface area contributed by atoms with E-state index in [-0.39, 0.29) is 10.8 Å². The van der Waals surface area contributed by atoms with Gasteiger partial charge < -0.3 is 5.11 Å². The first kappa shape index (κ1) is 11.4. The minimum atomic E-state index is -1.13. The number of thiophene rings is 1. The van der Waals surface area contributed by atoms with Crippen LogP contribution in [0.5, 0.6) is 0 Å². The van der Waals surface area contributed by atoms with Gasteiger partial charge in [-0.05, 0) is 11.4 Å². The van der Waals surface area contributed by atoms with E-state index in [1.807, 2.05) is 11.4 Å². The van der Waals surface area contributed by atoms with Crippen LogP contribution in [0.3, 0.4) is 0 Å². The van der Waals surface area contributed by atoms with Crippen molar-refractivity contribution in [3.05, 3.63) is 33.6 Å².